The number of para-hydroxylation sites is 2. The van der Waals surface area contributed by atoms with Crippen LogP contribution in [0.15, 0.2) is 48.5 Å². The maximum absolute atomic E-state index is 12.5. The molecule has 124 valence electrons. The van der Waals surface area contributed by atoms with Crippen molar-refractivity contribution in [1.29, 1.82) is 0 Å². The van der Waals surface area contributed by atoms with E-state index in [1.54, 1.807) is 19.2 Å². The van der Waals surface area contributed by atoms with Gasteiger partial charge in [-0.15, -0.1) is 0 Å². The summed E-state index contributed by atoms with van der Waals surface area (Å²) in [6.07, 6.45) is -0.281. The molecule has 0 unspecified atom stereocenters. The molecule has 0 saturated carbocycles. The summed E-state index contributed by atoms with van der Waals surface area (Å²) in [6, 6.07) is 13.4. The average molecular weight is 327 g/mol. The van der Waals surface area contributed by atoms with Crippen molar-refractivity contribution in [3.63, 3.8) is 0 Å². The lowest BCUT2D eigenvalue weighted by Crippen LogP contribution is -2.41. The third-order valence-electron chi connectivity index (χ3n) is 3.75. The molecule has 0 aromatic heterocycles. The monoisotopic (exact) mass is 327 g/mol. The molecule has 0 saturated heterocycles. The van der Waals surface area contributed by atoms with Crippen LogP contribution >= 0.6 is 0 Å². The number of likely N-dealkylation sites (N-methyl/N-ethyl adjacent to an activating group) is 1. The number of rotatable bonds is 4. The third kappa shape index (κ3) is 3.32. The first kappa shape index (κ1) is 15.9. The topological polar surface area (TPSA) is 76.1 Å². The SMILES string of the molecule is CN(C[C@@H]1COc2ccccc2O1)C(=O)c1cccc(C(=O)O)c1. The van der Waals surface area contributed by atoms with Crippen LogP contribution in [-0.2, 0) is 0 Å². The van der Waals surface area contributed by atoms with Crippen LogP contribution in [0.1, 0.15) is 20.7 Å². The van der Waals surface area contributed by atoms with E-state index in [1.807, 2.05) is 24.3 Å². The van der Waals surface area contributed by atoms with Crippen molar-refractivity contribution in [3.05, 3.63) is 59.7 Å². The highest BCUT2D eigenvalue weighted by molar-refractivity contribution is 5.97. The van der Waals surface area contributed by atoms with Gasteiger partial charge >= 0.3 is 5.97 Å². The quantitative estimate of drug-likeness (QED) is 0.932. The maximum Gasteiger partial charge on any atom is 0.335 e. The summed E-state index contributed by atoms with van der Waals surface area (Å²) in [7, 11) is 1.65. The highest BCUT2D eigenvalue weighted by Gasteiger charge is 2.24. The minimum atomic E-state index is -1.06. The number of aromatic carboxylic acids is 1. The van der Waals surface area contributed by atoms with Crippen LogP contribution in [0.5, 0.6) is 11.5 Å². The molecule has 1 heterocycles. The summed E-state index contributed by atoms with van der Waals surface area (Å²) in [5.41, 5.74) is 0.412. The Morgan fingerprint density at radius 3 is 2.58 bits per heavy atom. The van der Waals surface area contributed by atoms with Gasteiger partial charge in [0.05, 0.1) is 12.1 Å². The summed E-state index contributed by atoms with van der Waals surface area (Å²) >= 11 is 0. The Bertz CT molecular complexity index is 774. The predicted octanol–water partition coefficient (Wildman–Crippen LogP) is 2.30. The first-order valence-electron chi connectivity index (χ1n) is 7.52. The lowest BCUT2D eigenvalue weighted by atomic mass is 10.1. The zero-order valence-electron chi connectivity index (χ0n) is 13.1. The number of ether oxygens (including phenoxy) is 2. The molecular weight excluding hydrogens is 310 g/mol. The van der Waals surface area contributed by atoms with Gasteiger partial charge in [-0.2, -0.15) is 0 Å². The van der Waals surface area contributed by atoms with E-state index < -0.39 is 5.97 Å². The largest absolute Gasteiger partial charge is 0.486 e. The number of carbonyl (C=O) groups excluding carboxylic acids is 1. The van der Waals surface area contributed by atoms with Gasteiger partial charge in [0.2, 0.25) is 0 Å². The summed E-state index contributed by atoms with van der Waals surface area (Å²) in [4.78, 5) is 25.0. The van der Waals surface area contributed by atoms with Crippen LogP contribution in [0.25, 0.3) is 0 Å². The van der Waals surface area contributed by atoms with Gasteiger partial charge in [-0.25, -0.2) is 4.79 Å². The van der Waals surface area contributed by atoms with Crippen molar-refractivity contribution in [2.24, 2.45) is 0 Å². The second-order valence-electron chi connectivity index (χ2n) is 5.57. The molecule has 0 spiro atoms. The standard InChI is InChI=1S/C18H17NO5/c1-19(17(20)12-5-4-6-13(9-12)18(21)22)10-14-11-23-15-7-2-3-8-16(15)24-14/h2-9,14H,10-11H2,1H3,(H,21,22)/t14-/m1/s1. The van der Waals surface area contributed by atoms with Crippen molar-refractivity contribution in [3.8, 4) is 11.5 Å². The van der Waals surface area contributed by atoms with Crippen LogP contribution in [-0.4, -0.2) is 48.2 Å². The first-order valence-corrected chi connectivity index (χ1v) is 7.52. The van der Waals surface area contributed by atoms with E-state index in [1.165, 1.54) is 17.0 Å². The first-order chi connectivity index (χ1) is 11.5. The molecule has 1 atom stereocenters. The Labute approximate surface area is 139 Å². The van der Waals surface area contributed by atoms with E-state index in [-0.39, 0.29) is 17.6 Å². The highest BCUT2D eigenvalue weighted by atomic mass is 16.6. The Hall–Kier alpha value is -3.02. The predicted molar refractivity (Wildman–Crippen MR) is 86.7 cm³/mol. The zero-order chi connectivity index (χ0) is 17.1. The fourth-order valence-electron chi connectivity index (χ4n) is 2.55. The molecule has 3 rings (SSSR count). The molecule has 0 fully saturated rings. The molecule has 6 heteroatoms. The van der Waals surface area contributed by atoms with Crippen molar-refractivity contribution in [1.82, 2.24) is 4.90 Å². The number of carboxylic acid groups (broad SMARTS) is 1. The molecule has 2 aromatic carbocycles. The number of amides is 1. The summed E-state index contributed by atoms with van der Waals surface area (Å²) < 4.78 is 11.5. The van der Waals surface area contributed by atoms with Crippen LogP contribution < -0.4 is 9.47 Å². The Balaban J connectivity index is 1.67. The second kappa shape index (κ2) is 6.62. The lowest BCUT2D eigenvalue weighted by Gasteiger charge is -2.29. The summed E-state index contributed by atoms with van der Waals surface area (Å²) in [5, 5.41) is 9.02. The molecule has 24 heavy (non-hydrogen) atoms. The van der Waals surface area contributed by atoms with Crippen molar-refractivity contribution in [2.75, 3.05) is 20.2 Å². The minimum Gasteiger partial charge on any atom is -0.486 e. The maximum atomic E-state index is 12.5. The summed E-state index contributed by atoms with van der Waals surface area (Å²) in [5.74, 6) is 0.0212. The number of carbonyl (C=O) groups is 2. The van der Waals surface area contributed by atoms with Crippen molar-refractivity contribution >= 4 is 11.9 Å². The minimum absolute atomic E-state index is 0.0837. The Morgan fingerprint density at radius 1 is 1.12 bits per heavy atom. The number of carboxylic acids is 1. The zero-order valence-corrected chi connectivity index (χ0v) is 13.1. The van der Waals surface area contributed by atoms with Crippen molar-refractivity contribution in [2.45, 2.75) is 6.10 Å². The Kier molecular flexibility index (Phi) is 4.37. The average Bonchev–Trinajstić information content (AvgIpc) is 2.61. The molecule has 1 N–H and O–H groups in total. The number of fused-ring (bicyclic) bond motifs is 1. The van der Waals surface area contributed by atoms with Gasteiger partial charge in [0.25, 0.3) is 5.91 Å². The normalized spacial score (nSPS) is 15.6. The molecule has 6 nitrogen and oxygen atoms in total. The van der Waals surface area contributed by atoms with Gasteiger partial charge in [0.1, 0.15) is 6.61 Å². The number of benzene rings is 2. The van der Waals surface area contributed by atoms with E-state index in [4.69, 9.17) is 14.6 Å². The van der Waals surface area contributed by atoms with Gasteiger partial charge in [-0.3, -0.25) is 4.79 Å². The molecule has 1 amide bonds. The van der Waals surface area contributed by atoms with E-state index in [9.17, 15) is 9.59 Å². The van der Waals surface area contributed by atoms with Gasteiger partial charge in [-0.05, 0) is 30.3 Å². The highest BCUT2D eigenvalue weighted by Crippen LogP contribution is 2.31. The number of hydrogen-bond acceptors (Lipinski definition) is 4. The van der Waals surface area contributed by atoms with E-state index >= 15 is 0 Å². The summed E-state index contributed by atoms with van der Waals surface area (Å²) in [6.45, 7) is 0.689. The van der Waals surface area contributed by atoms with E-state index in [2.05, 4.69) is 0 Å². The molecular formula is C18H17NO5. The Morgan fingerprint density at radius 2 is 1.83 bits per heavy atom. The third-order valence-corrected chi connectivity index (χ3v) is 3.75. The number of hydrogen-bond donors (Lipinski definition) is 1. The van der Waals surface area contributed by atoms with E-state index in [0.717, 1.165) is 0 Å². The number of nitrogens with zero attached hydrogens (tertiary/aromatic N) is 1. The molecule has 0 aliphatic carbocycles. The van der Waals surface area contributed by atoms with Crippen LogP contribution in [0.3, 0.4) is 0 Å². The molecule has 2 aromatic rings. The second-order valence-corrected chi connectivity index (χ2v) is 5.57. The molecule has 1 aliphatic rings. The lowest BCUT2D eigenvalue weighted by molar-refractivity contribution is 0.0521. The van der Waals surface area contributed by atoms with Crippen LogP contribution in [0, 0.1) is 0 Å². The fraction of sp³-hybridized carbons (Fsp3) is 0.222. The van der Waals surface area contributed by atoms with Gasteiger partial charge < -0.3 is 19.5 Å². The smallest absolute Gasteiger partial charge is 0.335 e. The van der Waals surface area contributed by atoms with Gasteiger partial charge in [0.15, 0.2) is 17.6 Å². The van der Waals surface area contributed by atoms with Gasteiger partial charge in [0, 0.05) is 12.6 Å². The molecule has 0 bridgehead atoms. The fourth-order valence-corrected chi connectivity index (χ4v) is 2.55. The molecule has 1 aliphatic heterocycles. The molecule has 0 radical (unpaired) electrons. The van der Waals surface area contributed by atoms with Crippen molar-refractivity contribution < 1.29 is 24.2 Å². The van der Waals surface area contributed by atoms with Crippen LogP contribution in [0.2, 0.25) is 0 Å². The van der Waals surface area contributed by atoms with E-state index in [0.29, 0.717) is 30.2 Å². The van der Waals surface area contributed by atoms with Gasteiger partial charge in [-0.1, -0.05) is 18.2 Å². The van der Waals surface area contributed by atoms with Crippen LogP contribution in [0.4, 0.5) is 0 Å².